The van der Waals surface area contributed by atoms with Gasteiger partial charge in [0.15, 0.2) is 0 Å². The smallest absolute Gasteiger partial charge is 0.233 e. The van der Waals surface area contributed by atoms with Crippen molar-refractivity contribution in [1.82, 2.24) is 15.0 Å². The third-order valence-corrected chi connectivity index (χ3v) is 2.59. The highest BCUT2D eigenvalue weighted by molar-refractivity contribution is 6.30. The Bertz CT molecular complexity index is 593. The fourth-order valence-corrected chi connectivity index (χ4v) is 1.62. The molecule has 0 spiro atoms. The SMILES string of the molecule is CCNc1nc(Cl)nc(Nc2ccc(Cl)c(F)c2)n1. The predicted molar refractivity (Wildman–Crippen MR) is 73.7 cm³/mol. The number of hydrogen-bond donors (Lipinski definition) is 2. The number of aromatic nitrogens is 3. The van der Waals surface area contributed by atoms with Crippen LogP contribution in [0.5, 0.6) is 0 Å². The maximum absolute atomic E-state index is 13.3. The van der Waals surface area contributed by atoms with Gasteiger partial charge in [-0.2, -0.15) is 15.0 Å². The van der Waals surface area contributed by atoms with E-state index in [9.17, 15) is 4.39 Å². The molecule has 1 aromatic carbocycles. The van der Waals surface area contributed by atoms with Crippen LogP contribution in [0.3, 0.4) is 0 Å². The van der Waals surface area contributed by atoms with Crippen molar-refractivity contribution in [2.75, 3.05) is 17.2 Å². The van der Waals surface area contributed by atoms with Gasteiger partial charge in [0, 0.05) is 12.2 Å². The van der Waals surface area contributed by atoms with Crippen molar-refractivity contribution in [1.29, 1.82) is 0 Å². The van der Waals surface area contributed by atoms with Gasteiger partial charge in [-0.1, -0.05) is 11.6 Å². The molecule has 0 saturated heterocycles. The van der Waals surface area contributed by atoms with Crippen LogP contribution in [0.25, 0.3) is 0 Å². The van der Waals surface area contributed by atoms with Crippen LogP contribution in [0.1, 0.15) is 6.92 Å². The van der Waals surface area contributed by atoms with E-state index in [0.29, 0.717) is 18.2 Å². The van der Waals surface area contributed by atoms with Crippen molar-refractivity contribution in [3.8, 4) is 0 Å². The summed E-state index contributed by atoms with van der Waals surface area (Å²) >= 11 is 11.4. The van der Waals surface area contributed by atoms with E-state index < -0.39 is 5.82 Å². The van der Waals surface area contributed by atoms with Gasteiger partial charge < -0.3 is 10.6 Å². The van der Waals surface area contributed by atoms with Crippen molar-refractivity contribution in [2.24, 2.45) is 0 Å². The van der Waals surface area contributed by atoms with E-state index >= 15 is 0 Å². The first-order chi connectivity index (χ1) is 9.08. The summed E-state index contributed by atoms with van der Waals surface area (Å²) in [6.07, 6.45) is 0. The molecule has 1 aromatic heterocycles. The molecule has 0 aliphatic heterocycles. The van der Waals surface area contributed by atoms with Gasteiger partial charge in [-0.3, -0.25) is 0 Å². The highest BCUT2D eigenvalue weighted by atomic mass is 35.5. The van der Waals surface area contributed by atoms with Crippen molar-refractivity contribution in [3.05, 3.63) is 34.3 Å². The molecule has 19 heavy (non-hydrogen) atoms. The second-order valence-corrected chi connectivity index (χ2v) is 4.28. The number of halogens is 3. The molecule has 1 heterocycles. The molecular weight excluding hydrogens is 292 g/mol. The Balaban J connectivity index is 2.24. The van der Waals surface area contributed by atoms with E-state index in [2.05, 4.69) is 25.6 Å². The molecule has 0 aliphatic rings. The first-order valence-electron chi connectivity index (χ1n) is 5.46. The van der Waals surface area contributed by atoms with Crippen LogP contribution in [0.15, 0.2) is 18.2 Å². The molecule has 0 radical (unpaired) electrons. The van der Waals surface area contributed by atoms with Crippen LogP contribution >= 0.6 is 23.2 Å². The minimum absolute atomic E-state index is 0.0443. The Morgan fingerprint density at radius 1 is 1.16 bits per heavy atom. The van der Waals surface area contributed by atoms with Gasteiger partial charge >= 0.3 is 0 Å². The molecule has 100 valence electrons. The normalized spacial score (nSPS) is 10.3. The van der Waals surface area contributed by atoms with E-state index in [1.54, 1.807) is 6.07 Å². The predicted octanol–water partition coefficient (Wildman–Crippen LogP) is 3.49. The van der Waals surface area contributed by atoms with Crippen LogP contribution in [-0.2, 0) is 0 Å². The molecule has 8 heteroatoms. The van der Waals surface area contributed by atoms with Gasteiger partial charge in [-0.15, -0.1) is 0 Å². The third kappa shape index (κ3) is 3.65. The lowest BCUT2D eigenvalue weighted by molar-refractivity contribution is 0.629. The molecule has 2 aromatic rings. The van der Waals surface area contributed by atoms with Gasteiger partial charge in [-0.25, -0.2) is 4.39 Å². The lowest BCUT2D eigenvalue weighted by Crippen LogP contribution is -2.06. The lowest BCUT2D eigenvalue weighted by Gasteiger charge is -2.07. The molecule has 0 unspecified atom stereocenters. The van der Waals surface area contributed by atoms with Gasteiger partial charge in [0.05, 0.1) is 5.02 Å². The van der Waals surface area contributed by atoms with E-state index in [4.69, 9.17) is 23.2 Å². The second kappa shape index (κ2) is 5.99. The number of rotatable bonds is 4. The summed E-state index contributed by atoms with van der Waals surface area (Å²) < 4.78 is 13.3. The fraction of sp³-hybridized carbons (Fsp3) is 0.182. The van der Waals surface area contributed by atoms with Crippen molar-refractivity contribution in [2.45, 2.75) is 6.92 Å². The summed E-state index contributed by atoms with van der Waals surface area (Å²) in [7, 11) is 0. The van der Waals surface area contributed by atoms with Crippen molar-refractivity contribution < 1.29 is 4.39 Å². The van der Waals surface area contributed by atoms with E-state index in [1.165, 1.54) is 12.1 Å². The van der Waals surface area contributed by atoms with Crippen LogP contribution in [0, 0.1) is 5.82 Å². The molecule has 0 amide bonds. The monoisotopic (exact) mass is 301 g/mol. The number of nitrogens with one attached hydrogen (secondary N) is 2. The number of hydrogen-bond acceptors (Lipinski definition) is 5. The summed E-state index contributed by atoms with van der Waals surface area (Å²) in [5.74, 6) is 0.0378. The first-order valence-corrected chi connectivity index (χ1v) is 6.21. The molecule has 2 N–H and O–H groups in total. The molecule has 0 bridgehead atoms. The molecule has 0 aliphatic carbocycles. The average molecular weight is 302 g/mol. The van der Waals surface area contributed by atoms with E-state index in [-0.39, 0.29) is 16.3 Å². The van der Waals surface area contributed by atoms with E-state index in [0.717, 1.165) is 0 Å². The zero-order valence-corrected chi connectivity index (χ0v) is 11.4. The quantitative estimate of drug-likeness (QED) is 0.905. The summed E-state index contributed by atoms with van der Waals surface area (Å²) in [5.41, 5.74) is 0.464. The van der Waals surface area contributed by atoms with Crippen LogP contribution < -0.4 is 10.6 Å². The summed E-state index contributed by atoms with van der Waals surface area (Å²) in [5, 5.41) is 5.83. The van der Waals surface area contributed by atoms with Gasteiger partial charge in [0.1, 0.15) is 5.82 Å². The molecule has 2 rings (SSSR count). The maximum atomic E-state index is 13.3. The zero-order chi connectivity index (χ0) is 13.8. The molecule has 5 nitrogen and oxygen atoms in total. The first kappa shape index (κ1) is 13.8. The largest absolute Gasteiger partial charge is 0.354 e. The highest BCUT2D eigenvalue weighted by Crippen LogP contribution is 2.21. The lowest BCUT2D eigenvalue weighted by atomic mass is 10.3. The van der Waals surface area contributed by atoms with Crippen molar-refractivity contribution in [3.63, 3.8) is 0 Å². The number of nitrogens with zero attached hydrogens (tertiary/aromatic N) is 3. The fourth-order valence-electron chi connectivity index (χ4n) is 1.35. The molecule has 0 fully saturated rings. The Kier molecular flexibility index (Phi) is 4.34. The Morgan fingerprint density at radius 3 is 2.58 bits per heavy atom. The topological polar surface area (TPSA) is 62.7 Å². The Hall–Kier alpha value is -1.66. The molecule has 0 saturated carbocycles. The third-order valence-electron chi connectivity index (χ3n) is 2.12. The van der Waals surface area contributed by atoms with Gasteiger partial charge in [0.2, 0.25) is 17.2 Å². The van der Waals surface area contributed by atoms with Gasteiger partial charge in [-0.05, 0) is 36.7 Å². The van der Waals surface area contributed by atoms with E-state index in [1.807, 2.05) is 6.92 Å². The van der Waals surface area contributed by atoms with Gasteiger partial charge in [0.25, 0.3) is 0 Å². The zero-order valence-electron chi connectivity index (χ0n) is 9.91. The second-order valence-electron chi connectivity index (χ2n) is 3.54. The standard InChI is InChI=1S/C11H10Cl2FN5/c1-2-15-10-17-9(13)18-11(19-10)16-6-3-4-7(12)8(14)5-6/h3-5H,2H2,1H3,(H2,15,16,17,18,19). The van der Waals surface area contributed by atoms with Crippen LogP contribution in [0.4, 0.5) is 22.0 Å². The highest BCUT2D eigenvalue weighted by Gasteiger charge is 2.06. The average Bonchev–Trinajstić information content (AvgIpc) is 2.33. The van der Waals surface area contributed by atoms with Crippen molar-refractivity contribution >= 4 is 40.8 Å². The number of anilines is 3. The Labute approximate surface area is 119 Å². The van der Waals surface area contributed by atoms with Crippen LogP contribution in [0.2, 0.25) is 10.3 Å². The summed E-state index contributed by atoms with van der Waals surface area (Å²) in [4.78, 5) is 11.9. The summed E-state index contributed by atoms with van der Waals surface area (Å²) in [6, 6.07) is 4.29. The van der Waals surface area contributed by atoms with Crippen LogP contribution in [-0.4, -0.2) is 21.5 Å². The minimum Gasteiger partial charge on any atom is -0.354 e. The Morgan fingerprint density at radius 2 is 1.89 bits per heavy atom. The minimum atomic E-state index is -0.529. The molecule has 0 atom stereocenters. The molecular formula is C11H10Cl2FN5. The maximum Gasteiger partial charge on any atom is 0.233 e. The number of benzene rings is 1. The summed E-state index contributed by atoms with van der Waals surface area (Å²) in [6.45, 7) is 2.55.